The topological polar surface area (TPSA) is 38.7 Å². The molecule has 52 heavy (non-hydrogen) atoms. The number of hydrogen-bond donors (Lipinski definition) is 0. The Kier molecular flexibility index (Phi) is 6.79. The van der Waals surface area contributed by atoms with Crippen LogP contribution in [-0.4, -0.2) is 20.2 Å². The van der Waals surface area contributed by atoms with Crippen LogP contribution in [0.3, 0.4) is 0 Å². The highest BCUT2D eigenvalue weighted by Crippen LogP contribution is 2.51. The second-order valence-corrected chi connectivity index (χ2v) is 15.7. The molecule has 2 unspecified atom stereocenters. The van der Waals surface area contributed by atoms with Crippen molar-refractivity contribution in [2.45, 2.75) is 16.1 Å². The van der Waals surface area contributed by atoms with E-state index in [2.05, 4.69) is 158 Å². The number of hydrogen-bond acceptors (Lipinski definition) is 5. The van der Waals surface area contributed by atoms with Gasteiger partial charge in [-0.15, -0.1) is 23.1 Å². The summed E-state index contributed by atoms with van der Waals surface area (Å²) in [6.45, 7) is 0. The number of allylic oxidation sites excluding steroid dienone is 3. The van der Waals surface area contributed by atoms with Crippen LogP contribution in [-0.2, 0) is 0 Å². The van der Waals surface area contributed by atoms with Crippen LogP contribution in [0.2, 0.25) is 0 Å². The maximum Gasteiger partial charge on any atom is 0.160 e. The Hall–Kier alpha value is -5.88. The highest BCUT2D eigenvalue weighted by molar-refractivity contribution is 8.00. The maximum absolute atomic E-state index is 5.41. The molecule has 11 rings (SSSR count). The van der Waals surface area contributed by atoms with Crippen molar-refractivity contribution in [3.05, 3.63) is 170 Å². The zero-order chi connectivity index (χ0) is 34.2. The summed E-state index contributed by atoms with van der Waals surface area (Å²) < 4.78 is 2.58. The molecule has 3 nitrogen and oxygen atoms in total. The zero-order valence-corrected chi connectivity index (χ0v) is 29.5. The van der Waals surface area contributed by atoms with Gasteiger partial charge in [0.2, 0.25) is 0 Å². The Labute approximate surface area is 309 Å². The molecule has 244 valence electrons. The second-order valence-electron chi connectivity index (χ2n) is 13.5. The lowest BCUT2D eigenvalue weighted by atomic mass is 9.95. The van der Waals surface area contributed by atoms with Crippen molar-refractivity contribution in [1.82, 2.24) is 15.0 Å². The Morgan fingerprint density at radius 2 is 1.25 bits per heavy atom. The SMILES string of the molecule is C1=CC2Sc3c(-c4ccc(-c5cccc(-c6nc7ccc8ccccc8c7c7sc8ccccc8c67)c5)cc4)nc(-c4ccccc4)nc3C2C=C1. The van der Waals surface area contributed by atoms with E-state index >= 15 is 0 Å². The number of thioether (sulfide) groups is 1. The fourth-order valence-corrected chi connectivity index (χ4v) is 10.6. The van der Waals surface area contributed by atoms with Gasteiger partial charge in [-0.3, -0.25) is 0 Å². The normalized spacial score (nSPS) is 16.2. The molecule has 5 heteroatoms. The van der Waals surface area contributed by atoms with Gasteiger partial charge >= 0.3 is 0 Å². The van der Waals surface area contributed by atoms with Crippen molar-refractivity contribution in [3.63, 3.8) is 0 Å². The number of nitrogens with zero attached hydrogens (tertiary/aromatic N) is 3. The number of thiophene rings is 1. The molecule has 6 aromatic carbocycles. The average Bonchev–Trinajstić information content (AvgIpc) is 3.80. The first kappa shape index (κ1) is 29.8. The van der Waals surface area contributed by atoms with Gasteiger partial charge < -0.3 is 0 Å². The number of benzene rings is 6. The highest BCUT2D eigenvalue weighted by atomic mass is 32.2. The van der Waals surface area contributed by atoms with Crippen molar-refractivity contribution >= 4 is 64.9 Å². The summed E-state index contributed by atoms with van der Waals surface area (Å²) >= 11 is 3.75. The first-order valence-corrected chi connectivity index (χ1v) is 19.3. The first-order valence-electron chi connectivity index (χ1n) is 17.6. The third-order valence-electron chi connectivity index (χ3n) is 10.4. The molecule has 0 fully saturated rings. The molecule has 0 bridgehead atoms. The van der Waals surface area contributed by atoms with Crippen molar-refractivity contribution in [2.75, 3.05) is 0 Å². The van der Waals surface area contributed by atoms with Crippen molar-refractivity contribution in [1.29, 1.82) is 0 Å². The van der Waals surface area contributed by atoms with Crippen LogP contribution in [0.4, 0.5) is 0 Å². The predicted molar refractivity (Wildman–Crippen MR) is 220 cm³/mol. The second kappa shape index (κ2) is 11.8. The number of aromatic nitrogens is 3. The van der Waals surface area contributed by atoms with E-state index in [0.29, 0.717) is 5.25 Å². The molecule has 3 aromatic heterocycles. The van der Waals surface area contributed by atoms with E-state index in [1.165, 1.54) is 41.2 Å². The fourth-order valence-electron chi connectivity index (χ4n) is 7.90. The number of fused-ring (bicyclic) bond motifs is 10. The number of rotatable bonds is 4. The molecule has 2 atom stereocenters. The molecule has 0 N–H and O–H groups in total. The summed E-state index contributed by atoms with van der Waals surface area (Å²) in [5, 5.41) is 6.55. The Morgan fingerprint density at radius 1 is 0.500 bits per heavy atom. The standard InChI is InChI=1S/C47H29N3S2/c1-2-12-31(13-3-1)47-49-43(46-44(50-47)36-18-7-9-20-39(36)52-46)30-23-21-28(22-24-30)32-14-10-15-33(27-32)42-41-35-17-6-8-19-38(35)51-45(41)40-34-16-5-4-11-29(34)25-26-37(40)48-42/h1-27,36,39H. The lowest BCUT2D eigenvalue weighted by Crippen LogP contribution is -2.09. The molecular formula is C47H29N3S2. The van der Waals surface area contributed by atoms with Gasteiger partial charge in [0, 0.05) is 53.4 Å². The molecule has 0 saturated carbocycles. The molecule has 0 spiro atoms. The molecule has 1 aliphatic carbocycles. The van der Waals surface area contributed by atoms with E-state index in [4.69, 9.17) is 15.0 Å². The minimum absolute atomic E-state index is 0.255. The van der Waals surface area contributed by atoms with E-state index in [1.54, 1.807) is 0 Å². The molecule has 1 aliphatic heterocycles. The molecule has 2 aliphatic rings. The summed E-state index contributed by atoms with van der Waals surface area (Å²) in [6.07, 6.45) is 8.86. The van der Waals surface area contributed by atoms with Gasteiger partial charge in [0.1, 0.15) is 0 Å². The Balaban J connectivity index is 1.03. The van der Waals surface area contributed by atoms with Crippen LogP contribution in [0, 0.1) is 0 Å². The van der Waals surface area contributed by atoms with E-state index in [1.807, 2.05) is 29.2 Å². The maximum atomic E-state index is 5.41. The largest absolute Gasteiger partial charge is 0.247 e. The minimum atomic E-state index is 0.255. The summed E-state index contributed by atoms with van der Waals surface area (Å²) in [6, 6.07) is 49.9. The highest BCUT2D eigenvalue weighted by Gasteiger charge is 2.36. The Bertz CT molecular complexity index is 2940. The first-order chi connectivity index (χ1) is 25.8. The summed E-state index contributed by atoms with van der Waals surface area (Å²) in [4.78, 5) is 16.9. The molecule has 0 saturated heterocycles. The van der Waals surface area contributed by atoms with Gasteiger partial charge in [-0.05, 0) is 40.1 Å². The molecule has 0 radical (unpaired) electrons. The predicted octanol–water partition coefficient (Wildman–Crippen LogP) is 12.9. The third-order valence-corrected chi connectivity index (χ3v) is 13.0. The van der Waals surface area contributed by atoms with Crippen LogP contribution in [0.1, 0.15) is 11.6 Å². The van der Waals surface area contributed by atoms with Crippen LogP contribution in [0.25, 0.3) is 86.9 Å². The smallest absolute Gasteiger partial charge is 0.160 e. The van der Waals surface area contributed by atoms with Crippen molar-refractivity contribution < 1.29 is 0 Å². The fraction of sp³-hybridized carbons (Fsp3) is 0.0426. The summed E-state index contributed by atoms with van der Waals surface area (Å²) in [5.41, 5.74) is 9.75. The van der Waals surface area contributed by atoms with E-state index in [9.17, 15) is 0 Å². The van der Waals surface area contributed by atoms with Crippen molar-refractivity contribution in [2.24, 2.45) is 0 Å². The number of pyridine rings is 1. The lowest BCUT2D eigenvalue weighted by Gasteiger charge is -2.14. The van der Waals surface area contributed by atoms with Gasteiger partial charge in [0.25, 0.3) is 0 Å². The average molecular weight is 700 g/mol. The van der Waals surface area contributed by atoms with Gasteiger partial charge in [-0.25, -0.2) is 15.0 Å². The van der Waals surface area contributed by atoms with Crippen LogP contribution in [0.5, 0.6) is 0 Å². The van der Waals surface area contributed by atoms with E-state index < -0.39 is 0 Å². The summed E-state index contributed by atoms with van der Waals surface area (Å²) in [7, 11) is 0. The van der Waals surface area contributed by atoms with E-state index in [-0.39, 0.29) is 5.92 Å². The van der Waals surface area contributed by atoms with Gasteiger partial charge in [-0.1, -0.05) is 146 Å². The van der Waals surface area contributed by atoms with Gasteiger partial charge in [-0.2, -0.15) is 0 Å². The van der Waals surface area contributed by atoms with Crippen molar-refractivity contribution in [3.8, 4) is 45.0 Å². The zero-order valence-electron chi connectivity index (χ0n) is 27.9. The third kappa shape index (κ3) is 4.70. The van der Waals surface area contributed by atoms with Gasteiger partial charge in [0.05, 0.1) is 27.5 Å². The molecule has 4 heterocycles. The molecular weight excluding hydrogens is 671 g/mol. The minimum Gasteiger partial charge on any atom is -0.247 e. The quantitative estimate of drug-likeness (QED) is 0.171. The monoisotopic (exact) mass is 699 g/mol. The van der Waals surface area contributed by atoms with Gasteiger partial charge in [0.15, 0.2) is 5.82 Å². The van der Waals surface area contributed by atoms with Crippen LogP contribution >= 0.6 is 23.1 Å². The Morgan fingerprint density at radius 3 is 2.15 bits per heavy atom. The lowest BCUT2D eigenvalue weighted by molar-refractivity contribution is 0.829. The summed E-state index contributed by atoms with van der Waals surface area (Å²) in [5.74, 6) is 1.03. The molecule has 0 amide bonds. The molecule has 9 aromatic rings. The van der Waals surface area contributed by atoms with Crippen LogP contribution in [0.15, 0.2) is 169 Å². The van der Waals surface area contributed by atoms with E-state index in [0.717, 1.165) is 56.2 Å². The van der Waals surface area contributed by atoms with Crippen LogP contribution < -0.4 is 0 Å².